The molecule has 5 N–H and O–H groups in total. The van der Waals surface area contributed by atoms with Gasteiger partial charge in [0.2, 0.25) is 17.6 Å². The van der Waals surface area contributed by atoms with Gasteiger partial charge in [-0.05, 0) is 63.7 Å². The Morgan fingerprint density at radius 2 is 1.68 bits per heavy atom. The molecule has 1 aliphatic heterocycles. The molecule has 0 aromatic carbocycles. The van der Waals surface area contributed by atoms with E-state index in [0.29, 0.717) is 19.4 Å². The Morgan fingerprint density at radius 3 is 2.21 bits per heavy atom. The van der Waals surface area contributed by atoms with Crippen molar-refractivity contribution in [3.63, 3.8) is 0 Å². The average Bonchev–Trinajstić information content (AvgIpc) is 3.66. The van der Waals surface area contributed by atoms with Crippen LogP contribution in [0.2, 0.25) is 0 Å². The van der Waals surface area contributed by atoms with Gasteiger partial charge in [0.25, 0.3) is 5.91 Å². The molecule has 0 radical (unpaired) electrons. The first-order valence-corrected chi connectivity index (χ1v) is 17.3. The number of nitrogens with one attached hydrogen (secondary N) is 3. The highest BCUT2D eigenvalue weighted by Crippen LogP contribution is 2.65. The second kappa shape index (κ2) is 13.6. The van der Waals surface area contributed by atoms with E-state index in [-0.39, 0.29) is 35.2 Å². The molecular weight excluding hydrogens is 622 g/mol. The van der Waals surface area contributed by atoms with E-state index in [1.54, 1.807) is 0 Å². The van der Waals surface area contributed by atoms with Crippen molar-refractivity contribution in [3.8, 4) is 0 Å². The molecule has 1 aromatic heterocycles. The Labute approximate surface area is 281 Å². The Bertz CT molecular complexity index is 1380. The summed E-state index contributed by atoms with van der Waals surface area (Å²) in [7, 11) is 0. The number of nitrogens with two attached hydrogens (primary N) is 1. The molecule has 13 heteroatoms. The van der Waals surface area contributed by atoms with Crippen molar-refractivity contribution in [1.29, 1.82) is 0 Å². The van der Waals surface area contributed by atoms with Crippen LogP contribution in [-0.4, -0.2) is 71.1 Å². The number of fused-ring (bicyclic) bond motifs is 1. The molecule has 0 spiro atoms. The van der Waals surface area contributed by atoms with Crippen LogP contribution in [0.1, 0.15) is 86.6 Å². The molecule has 1 saturated heterocycles. The molecule has 2 saturated carbocycles. The van der Waals surface area contributed by atoms with Gasteiger partial charge < -0.3 is 31.3 Å². The van der Waals surface area contributed by atoms with Gasteiger partial charge in [0.1, 0.15) is 24.7 Å². The molecule has 2 heterocycles. The van der Waals surface area contributed by atoms with Crippen molar-refractivity contribution < 1.29 is 33.5 Å². The fourth-order valence-electron chi connectivity index (χ4n) is 6.74. The third-order valence-corrected chi connectivity index (χ3v) is 10.4. The number of hydrogen-bond donors (Lipinski definition) is 4. The van der Waals surface area contributed by atoms with Gasteiger partial charge in [-0.2, -0.15) is 11.3 Å². The lowest BCUT2D eigenvalue weighted by Gasteiger charge is -2.38. The number of amides is 5. The summed E-state index contributed by atoms with van der Waals surface area (Å²) >= 11 is 1.49. The lowest BCUT2D eigenvalue weighted by atomic mass is 9.85. The lowest BCUT2D eigenvalue weighted by molar-refractivity contribution is -0.148. The second-order valence-corrected chi connectivity index (χ2v) is 17.1. The first kappa shape index (κ1) is 36.4. The Morgan fingerprint density at radius 1 is 1.02 bits per heavy atom. The van der Waals surface area contributed by atoms with Gasteiger partial charge >= 0.3 is 12.0 Å². The number of rotatable bonds is 13. The van der Waals surface area contributed by atoms with E-state index in [0.717, 1.165) is 18.4 Å². The normalized spacial score (nSPS) is 23.5. The molecular formula is C34H51N5O7S. The van der Waals surface area contributed by atoms with Crippen LogP contribution in [0.5, 0.6) is 0 Å². The molecule has 6 atom stereocenters. The third kappa shape index (κ3) is 8.91. The molecule has 2 aliphatic carbocycles. The van der Waals surface area contributed by atoms with Crippen LogP contribution in [0.4, 0.5) is 4.79 Å². The number of primary amides is 1. The van der Waals surface area contributed by atoms with Crippen LogP contribution >= 0.6 is 11.3 Å². The van der Waals surface area contributed by atoms with E-state index in [9.17, 15) is 28.8 Å². The van der Waals surface area contributed by atoms with E-state index in [2.05, 4.69) is 16.0 Å². The zero-order chi connectivity index (χ0) is 35.1. The zero-order valence-electron chi connectivity index (χ0n) is 28.8. The highest BCUT2D eigenvalue weighted by molar-refractivity contribution is 7.07. The summed E-state index contributed by atoms with van der Waals surface area (Å²) < 4.78 is 5.52. The van der Waals surface area contributed by atoms with Crippen molar-refractivity contribution in [2.75, 3.05) is 6.54 Å². The van der Waals surface area contributed by atoms with Gasteiger partial charge in [-0.3, -0.25) is 19.2 Å². The van der Waals surface area contributed by atoms with Crippen molar-refractivity contribution >= 4 is 46.8 Å². The number of carbonyl (C=O) groups is 6. The van der Waals surface area contributed by atoms with E-state index < -0.39 is 65.1 Å². The van der Waals surface area contributed by atoms with Crippen molar-refractivity contribution in [1.82, 2.24) is 20.9 Å². The van der Waals surface area contributed by atoms with Gasteiger partial charge in [0.05, 0.1) is 6.04 Å². The SMILES string of the molecule is CC(C)(C)C[C@H](NC(=O)N[C@H](C(=O)N1C[C@H]2[C@@H]([C@H]1C(=O)NC(CC1CC1)C(=O)C(N)=O)C2(C)C)C(C)(C)C)C(=O)OCc1ccsc1. The molecule has 1 aromatic rings. The summed E-state index contributed by atoms with van der Waals surface area (Å²) in [5.74, 6) is -3.35. The smallest absolute Gasteiger partial charge is 0.329 e. The predicted molar refractivity (Wildman–Crippen MR) is 177 cm³/mol. The molecule has 12 nitrogen and oxygen atoms in total. The van der Waals surface area contributed by atoms with E-state index in [4.69, 9.17) is 10.5 Å². The standard InChI is InChI=1S/C34H51N5O7S/c1-32(2,3)14-22(30(44)46-16-19-11-12-47-17-19)37-31(45)38-26(33(4,5)6)29(43)39-15-20-23(34(20,7)8)24(39)28(42)36-21(13-18-9-10-18)25(40)27(35)41/h11-12,17-18,20-24,26H,9-10,13-16H2,1-8H3,(H2,35,41)(H,36,42)(H2,37,38,45)/t20-,21?,22-,23-,24-,26+/m0/s1. The summed E-state index contributed by atoms with van der Waals surface area (Å²) in [5, 5.41) is 12.1. The third-order valence-electron chi connectivity index (χ3n) is 9.66. The number of esters is 1. The fraction of sp³-hybridized carbons (Fsp3) is 0.706. The minimum atomic E-state index is -1.11. The van der Waals surface area contributed by atoms with Crippen molar-refractivity contribution in [2.45, 2.75) is 112 Å². The van der Waals surface area contributed by atoms with Crippen molar-refractivity contribution in [2.24, 2.45) is 39.7 Å². The maximum Gasteiger partial charge on any atom is 0.329 e. The molecule has 4 rings (SSSR count). The van der Waals surface area contributed by atoms with Crippen LogP contribution in [0, 0.1) is 34.0 Å². The van der Waals surface area contributed by atoms with E-state index >= 15 is 0 Å². The molecule has 3 aliphatic rings. The fourth-order valence-corrected chi connectivity index (χ4v) is 7.39. The molecule has 5 amide bonds. The van der Waals surface area contributed by atoms with Crippen molar-refractivity contribution in [3.05, 3.63) is 22.4 Å². The Hall–Kier alpha value is -3.48. The summed E-state index contributed by atoms with van der Waals surface area (Å²) in [6.07, 6.45) is 2.45. The van der Waals surface area contributed by atoms with E-state index in [1.807, 2.05) is 72.2 Å². The van der Waals surface area contributed by atoms with Crippen LogP contribution < -0.4 is 21.7 Å². The Kier molecular flexibility index (Phi) is 10.5. The van der Waals surface area contributed by atoms with Gasteiger partial charge in [-0.1, -0.05) is 68.2 Å². The lowest BCUT2D eigenvalue weighted by Crippen LogP contribution is -2.62. The van der Waals surface area contributed by atoms with E-state index in [1.165, 1.54) is 16.2 Å². The van der Waals surface area contributed by atoms with Crippen LogP contribution in [0.3, 0.4) is 0 Å². The Balaban J connectivity index is 1.50. The van der Waals surface area contributed by atoms with Gasteiger partial charge in [-0.15, -0.1) is 0 Å². The van der Waals surface area contributed by atoms with Crippen LogP contribution in [0.25, 0.3) is 0 Å². The molecule has 47 heavy (non-hydrogen) atoms. The largest absolute Gasteiger partial charge is 0.459 e. The summed E-state index contributed by atoms with van der Waals surface area (Å²) in [6, 6.07) is -2.80. The number of ether oxygens (including phenoxy) is 1. The summed E-state index contributed by atoms with van der Waals surface area (Å²) in [6.45, 7) is 15.8. The second-order valence-electron chi connectivity index (χ2n) is 16.3. The summed E-state index contributed by atoms with van der Waals surface area (Å²) in [5.41, 5.74) is 4.85. The number of carbonyl (C=O) groups excluding carboxylic acids is 6. The summed E-state index contributed by atoms with van der Waals surface area (Å²) in [4.78, 5) is 80.6. The number of likely N-dealkylation sites (tertiary alicyclic amines) is 1. The number of Topliss-reactive ketones (excluding diaryl/α,β-unsaturated/α-hetero) is 1. The van der Waals surface area contributed by atoms with Gasteiger partial charge in [-0.25, -0.2) is 9.59 Å². The topological polar surface area (TPSA) is 177 Å². The predicted octanol–water partition coefficient (Wildman–Crippen LogP) is 3.13. The number of thiophene rings is 1. The number of hydrogen-bond acceptors (Lipinski definition) is 8. The molecule has 0 bridgehead atoms. The first-order chi connectivity index (χ1) is 21.7. The molecule has 1 unspecified atom stereocenters. The number of ketones is 1. The van der Waals surface area contributed by atoms with Gasteiger partial charge in [0.15, 0.2) is 0 Å². The van der Waals surface area contributed by atoms with Crippen LogP contribution in [-0.2, 0) is 35.3 Å². The number of piperidine rings is 1. The number of urea groups is 1. The minimum absolute atomic E-state index is 0.0551. The monoisotopic (exact) mass is 673 g/mol. The molecule has 3 fully saturated rings. The quantitative estimate of drug-likeness (QED) is 0.184. The maximum absolute atomic E-state index is 14.3. The average molecular weight is 674 g/mol. The molecule has 260 valence electrons. The van der Waals surface area contributed by atoms with Crippen LogP contribution in [0.15, 0.2) is 16.8 Å². The first-order valence-electron chi connectivity index (χ1n) is 16.4. The highest BCUT2D eigenvalue weighted by atomic mass is 32.1. The minimum Gasteiger partial charge on any atom is -0.459 e. The maximum atomic E-state index is 14.3. The zero-order valence-corrected chi connectivity index (χ0v) is 29.6. The highest BCUT2D eigenvalue weighted by Gasteiger charge is 2.70. The van der Waals surface area contributed by atoms with Gasteiger partial charge in [0, 0.05) is 12.1 Å². The number of nitrogens with zero attached hydrogens (tertiary/aromatic N) is 1.